The van der Waals surface area contributed by atoms with Crippen LogP contribution in [0.1, 0.15) is 12.8 Å². The number of methoxy groups -OCH3 is 1. The van der Waals surface area contributed by atoms with Crippen molar-refractivity contribution in [1.29, 1.82) is 0 Å². The number of rotatable bonds is 8. The van der Waals surface area contributed by atoms with Gasteiger partial charge < -0.3 is 29.7 Å². The van der Waals surface area contributed by atoms with Gasteiger partial charge in [-0.05, 0) is 31.3 Å². The molecule has 2 aliphatic heterocycles. The molecule has 37 heavy (non-hydrogen) atoms. The van der Waals surface area contributed by atoms with E-state index in [1.807, 2.05) is 18.2 Å². The molecule has 0 atom stereocenters. The summed E-state index contributed by atoms with van der Waals surface area (Å²) in [6.45, 7) is 2.96. The topological polar surface area (TPSA) is 140 Å². The molecule has 2 fully saturated rings. The molecule has 0 unspecified atom stereocenters. The zero-order chi connectivity index (χ0) is 25.9. The van der Waals surface area contributed by atoms with Gasteiger partial charge in [0.15, 0.2) is 5.79 Å². The van der Waals surface area contributed by atoms with E-state index in [1.165, 1.54) is 19.4 Å². The Kier molecular flexibility index (Phi) is 7.11. The third-order valence-electron chi connectivity index (χ3n) is 6.40. The fraction of sp³-hybridized carbons (Fsp3) is 0.375. The molecule has 0 bridgehead atoms. The summed E-state index contributed by atoms with van der Waals surface area (Å²) >= 11 is 0. The fourth-order valence-electron chi connectivity index (χ4n) is 4.44. The Labute approximate surface area is 215 Å². The van der Waals surface area contributed by atoms with Gasteiger partial charge in [0.2, 0.25) is 21.9 Å². The van der Waals surface area contributed by atoms with Crippen LogP contribution in [-0.2, 0) is 19.5 Å². The van der Waals surface area contributed by atoms with Crippen molar-refractivity contribution in [3.05, 3.63) is 48.8 Å². The largest absolute Gasteiger partial charge is 0.494 e. The van der Waals surface area contributed by atoms with Crippen LogP contribution in [0.4, 0.5) is 29.0 Å². The van der Waals surface area contributed by atoms with Gasteiger partial charge in [-0.15, -0.1) is 0 Å². The first-order valence-corrected chi connectivity index (χ1v) is 13.4. The van der Waals surface area contributed by atoms with Gasteiger partial charge in [-0.3, -0.25) is 0 Å². The van der Waals surface area contributed by atoms with E-state index in [-0.39, 0.29) is 16.8 Å². The van der Waals surface area contributed by atoms with Gasteiger partial charge in [-0.2, -0.15) is 4.98 Å². The molecule has 2 saturated heterocycles. The molecule has 1 aromatic heterocycles. The zero-order valence-electron chi connectivity index (χ0n) is 20.6. The van der Waals surface area contributed by atoms with Gasteiger partial charge in [-0.1, -0.05) is 12.1 Å². The molecule has 0 radical (unpaired) electrons. The Morgan fingerprint density at radius 1 is 0.973 bits per heavy atom. The Morgan fingerprint density at radius 3 is 2.32 bits per heavy atom. The molecule has 2 aliphatic rings. The summed E-state index contributed by atoms with van der Waals surface area (Å²) in [5, 5.41) is 6.12. The molecular weight excluding hydrogens is 498 g/mol. The second kappa shape index (κ2) is 10.5. The van der Waals surface area contributed by atoms with Gasteiger partial charge in [0.25, 0.3) is 0 Å². The van der Waals surface area contributed by atoms with Gasteiger partial charge in [0, 0.05) is 37.7 Å². The Morgan fingerprint density at radius 2 is 1.65 bits per heavy atom. The van der Waals surface area contributed by atoms with Crippen molar-refractivity contribution in [2.75, 3.05) is 56.0 Å². The van der Waals surface area contributed by atoms with Crippen LogP contribution in [0.25, 0.3) is 0 Å². The number of hydrogen-bond acceptors (Lipinski definition) is 11. The Bertz CT molecular complexity index is 1360. The molecule has 2 aromatic carbocycles. The lowest BCUT2D eigenvalue weighted by Crippen LogP contribution is -2.45. The molecule has 0 saturated carbocycles. The van der Waals surface area contributed by atoms with Gasteiger partial charge in [-0.25, -0.2) is 23.1 Å². The molecule has 0 amide bonds. The van der Waals surface area contributed by atoms with Gasteiger partial charge in [0.1, 0.15) is 17.0 Å². The summed E-state index contributed by atoms with van der Waals surface area (Å²) in [6.07, 6.45) is 2.97. The van der Waals surface area contributed by atoms with Crippen LogP contribution in [0.5, 0.6) is 5.75 Å². The van der Waals surface area contributed by atoms with Crippen LogP contribution in [-0.4, -0.2) is 69.6 Å². The summed E-state index contributed by atoms with van der Waals surface area (Å²) in [6, 6.07) is 12.4. The lowest BCUT2D eigenvalue weighted by Gasteiger charge is -2.38. The number of piperidine rings is 1. The number of para-hydroxylation sites is 1. The minimum Gasteiger partial charge on any atom is -0.494 e. The highest BCUT2D eigenvalue weighted by Gasteiger charge is 2.39. The first-order valence-electron chi connectivity index (χ1n) is 11.9. The van der Waals surface area contributed by atoms with Crippen LogP contribution >= 0.6 is 0 Å². The Hall–Kier alpha value is -3.52. The average Bonchev–Trinajstić information content (AvgIpc) is 3.37. The first-order chi connectivity index (χ1) is 17.9. The number of nitrogens with one attached hydrogen (secondary N) is 3. The number of benzene rings is 2. The lowest BCUT2D eigenvalue weighted by atomic mass is 10.0. The number of aromatic nitrogens is 3. The normalized spacial score (nSPS) is 17.1. The average molecular weight is 528 g/mol. The number of hydrogen-bond donors (Lipinski definition) is 3. The predicted molar refractivity (Wildman–Crippen MR) is 138 cm³/mol. The predicted octanol–water partition coefficient (Wildman–Crippen LogP) is 2.62. The molecule has 12 nitrogen and oxygen atoms in total. The summed E-state index contributed by atoms with van der Waals surface area (Å²) in [5.74, 6) is 0.662. The van der Waals surface area contributed by atoms with Crippen molar-refractivity contribution in [2.45, 2.75) is 23.5 Å². The summed E-state index contributed by atoms with van der Waals surface area (Å²) in [7, 11) is -0.707. The van der Waals surface area contributed by atoms with E-state index in [0.717, 1.165) is 31.6 Å². The van der Waals surface area contributed by atoms with E-state index in [2.05, 4.69) is 35.2 Å². The molecule has 5 rings (SSSR count). The first kappa shape index (κ1) is 25.1. The van der Waals surface area contributed by atoms with E-state index in [0.29, 0.717) is 30.3 Å². The van der Waals surface area contributed by atoms with E-state index < -0.39 is 15.8 Å². The highest BCUT2D eigenvalue weighted by atomic mass is 32.2. The van der Waals surface area contributed by atoms with E-state index in [1.54, 1.807) is 25.3 Å². The zero-order valence-corrected chi connectivity index (χ0v) is 21.4. The second-order valence-corrected chi connectivity index (χ2v) is 10.4. The molecule has 196 valence electrons. The quantitative estimate of drug-likeness (QED) is 0.398. The highest BCUT2D eigenvalue weighted by Crippen LogP contribution is 2.36. The number of nitrogens with zero attached hydrogens (tertiary/aromatic N) is 4. The molecule has 3 aromatic rings. The van der Waals surface area contributed by atoms with E-state index in [9.17, 15) is 8.42 Å². The SMILES string of the molecule is CNS(=O)(=O)c1ccccc1Nc1ncnc(Nc2ccc(N3CCC4(CC3)OCCO4)cc2OC)n1. The number of anilines is 5. The van der Waals surface area contributed by atoms with Crippen LogP contribution < -0.4 is 25.0 Å². The lowest BCUT2D eigenvalue weighted by molar-refractivity contribution is -0.169. The second-order valence-electron chi connectivity index (χ2n) is 8.57. The number of ether oxygens (including phenoxy) is 3. The van der Waals surface area contributed by atoms with E-state index >= 15 is 0 Å². The maximum Gasteiger partial charge on any atom is 0.242 e. The van der Waals surface area contributed by atoms with Crippen molar-refractivity contribution in [2.24, 2.45) is 0 Å². The molecule has 13 heteroatoms. The maximum atomic E-state index is 12.4. The molecule has 3 N–H and O–H groups in total. The van der Waals surface area contributed by atoms with Crippen molar-refractivity contribution >= 4 is 39.0 Å². The minimum absolute atomic E-state index is 0.0827. The molecule has 3 heterocycles. The standard InChI is InChI=1S/C24H29N7O5S/c1-25-37(32,33)21-6-4-3-5-19(21)29-23-27-16-26-22(30-23)28-18-8-7-17(15-20(18)34-2)31-11-9-24(10-12-31)35-13-14-36-24/h3-8,15-16,25H,9-14H2,1-2H3,(H2,26,27,28,29,30). The van der Waals surface area contributed by atoms with Crippen LogP contribution in [0.2, 0.25) is 0 Å². The highest BCUT2D eigenvalue weighted by molar-refractivity contribution is 7.89. The third-order valence-corrected chi connectivity index (χ3v) is 7.87. The molecule has 1 spiro atoms. The summed E-state index contributed by atoms with van der Waals surface area (Å²) < 4.78 is 44.3. The van der Waals surface area contributed by atoms with Gasteiger partial charge in [0.05, 0.1) is 31.7 Å². The number of sulfonamides is 1. The van der Waals surface area contributed by atoms with E-state index in [4.69, 9.17) is 14.2 Å². The fourth-order valence-corrected chi connectivity index (χ4v) is 5.33. The van der Waals surface area contributed by atoms with Gasteiger partial charge >= 0.3 is 0 Å². The Balaban J connectivity index is 1.31. The van der Waals surface area contributed by atoms with Crippen molar-refractivity contribution in [3.8, 4) is 5.75 Å². The summed E-state index contributed by atoms with van der Waals surface area (Å²) in [5.41, 5.74) is 2.06. The molecular formula is C24H29N7O5S. The summed E-state index contributed by atoms with van der Waals surface area (Å²) in [4.78, 5) is 15.1. The smallest absolute Gasteiger partial charge is 0.242 e. The third kappa shape index (κ3) is 5.44. The van der Waals surface area contributed by atoms with Crippen molar-refractivity contribution < 1.29 is 22.6 Å². The van der Waals surface area contributed by atoms with Crippen LogP contribution in [0.3, 0.4) is 0 Å². The maximum absolute atomic E-state index is 12.4. The van der Waals surface area contributed by atoms with Crippen molar-refractivity contribution in [3.63, 3.8) is 0 Å². The minimum atomic E-state index is -3.67. The molecule has 0 aliphatic carbocycles. The monoisotopic (exact) mass is 527 g/mol. The van der Waals surface area contributed by atoms with Crippen molar-refractivity contribution in [1.82, 2.24) is 19.7 Å². The van der Waals surface area contributed by atoms with Crippen LogP contribution in [0, 0.1) is 0 Å². The van der Waals surface area contributed by atoms with Crippen LogP contribution in [0.15, 0.2) is 53.7 Å².